The first-order chi connectivity index (χ1) is 25.2. The third-order valence-corrected chi connectivity index (χ3v) is 9.32. The minimum absolute atomic E-state index is 1.12. The van der Waals surface area contributed by atoms with Gasteiger partial charge in [-0.15, -0.1) is 0 Å². The summed E-state index contributed by atoms with van der Waals surface area (Å²) in [6, 6.07) is 71.3. The Bertz CT molecular complexity index is 2330. The lowest BCUT2D eigenvalue weighted by Crippen LogP contribution is -2.10. The van der Waals surface area contributed by atoms with Gasteiger partial charge in [0.15, 0.2) is 0 Å². The van der Waals surface area contributed by atoms with E-state index in [1.54, 1.807) is 0 Å². The van der Waals surface area contributed by atoms with Crippen LogP contribution in [0.25, 0.3) is 34.1 Å². The number of rotatable bonds is 9. The van der Waals surface area contributed by atoms with E-state index in [4.69, 9.17) is 0 Å². The number of anilines is 6. The van der Waals surface area contributed by atoms with Crippen LogP contribution in [-0.4, -0.2) is 0 Å². The van der Waals surface area contributed by atoms with E-state index in [1.807, 2.05) is 0 Å². The average Bonchev–Trinajstić information content (AvgIpc) is 3.20. The molecule has 0 aliphatic rings. The molecule has 51 heavy (non-hydrogen) atoms. The highest BCUT2D eigenvalue weighted by Crippen LogP contribution is 2.39. The van der Waals surface area contributed by atoms with E-state index in [-0.39, 0.29) is 0 Å². The zero-order valence-electron chi connectivity index (χ0n) is 28.6. The van der Waals surface area contributed by atoms with Gasteiger partial charge < -0.3 is 9.80 Å². The van der Waals surface area contributed by atoms with Crippen LogP contribution in [0.15, 0.2) is 200 Å². The van der Waals surface area contributed by atoms with Crippen molar-refractivity contribution >= 4 is 57.0 Å². The zero-order chi connectivity index (χ0) is 34.4. The lowest BCUT2D eigenvalue weighted by Gasteiger charge is -2.27. The first kappa shape index (κ1) is 31.6. The molecule has 0 spiro atoms. The summed E-state index contributed by atoms with van der Waals surface area (Å²) >= 11 is 0. The second-order valence-electron chi connectivity index (χ2n) is 12.8. The molecule has 0 fully saturated rings. The Morgan fingerprint density at radius 2 is 0.745 bits per heavy atom. The minimum Gasteiger partial charge on any atom is -0.311 e. The topological polar surface area (TPSA) is 6.48 Å². The highest BCUT2D eigenvalue weighted by atomic mass is 15.1. The molecule has 0 aliphatic heterocycles. The summed E-state index contributed by atoms with van der Waals surface area (Å²) in [5, 5.41) is 2.46. The molecule has 0 unspecified atom stereocenters. The van der Waals surface area contributed by atoms with E-state index in [2.05, 4.69) is 229 Å². The third kappa shape index (κ3) is 6.94. The van der Waals surface area contributed by atoms with Crippen LogP contribution in [0, 0.1) is 6.92 Å². The standard InChI is InChI=1S/C49H38N2/c1-37-19-31-46(32-20-37)51(49-18-10-12-42-11-8-9-17-48(42)49)47-33-25-39(26-34-47)22-21-38-23-27-40(28-24-38)41-29-35-45(36-30-41)50(43-13-4-2-5-14-43)44-15-6-3-7-16-44/h2-36H,1H3/b22-21+. The van der Waals surface area contributed by atoms with E-state index >= 15 is 0 Å². The van der Waals surface area contributed by atoms with Crippen molar-refractivity contribution in [1.82, 2.24) is 0 Å². The average molecular weight is 655 g/mol. The molecule has 244 valence electrons. The van der Waals surface area contributed by atoms with Crippen molar-refractivity contribution in [3.05, 3.63) is 217 Å². The van der Waals surface area contributed by atoms with Gasteiger partial charge in [-0.05, 0) is 101 Å². The molecule has 0 heterocycles. The van der Waals surface area contributed by atoms with Crippen molar-refractivity contribution < 1.29 is 0 Å². The number of nitrogens with zero attached hydrogens (tertiary/aromatic N) is 2. The normalized spacial score (nSPS) is 11.2. The largest absolute Gasteiger partial charge is 0.311 e. The minimum atomic E-state index is 1.12. The van der Waals surface area contributed by atoms with Gasteiger partial charge in [0, 0.05) is 33.8 Å². The van der Waals surface area contributed by atoms with E-state index in [0.29, 0.717) is 0 Å². The summed E-state index contributed by atoms with van der Waals surface area (Å²) in [6.07, 6.45) is 4.37. The van der Waals surface area contributed by atoms with E-state index < -0.39 is 0 Å². The Morgan fingerprint density at radius 3 is 1.33 bits per heavy atom. The number of para-hydroxylation sites is 2. The van der Waals surface area contributed by atoms with Crippen LogP contribution in [0.5, 0.6) is 0 Å². The molecular weight excluding hydrogens is 617 g/mol. The van der Waals surface area contributed by atoms with Crippen LogP contribution >= 0.6 is 0 Å². The quantitative estimate of drug-likeness (QED) is 0.143. The van der Waals surface area contributed by atoms with Gasteiger partial charge in [0.05, 0.1) is 5.69 Å². The zero-order valence-corrected chi connectivity index (χ0v) is 28.6. The molecule has 0 bridgehead atoms. The number of benzene rings is 8. The SMILES string of the molecule is Cc1ccc(N(c2ccc(/C=C/c3ccc(-c4ccc(N(c5ccccc5)c5ccccc5)cc4)cc3)cc2)c2cccc3ccccc23)cc1. The van der Waals surface area contributed by atoms with E-state index in [0.717, 1.165) is 39.6 Å². The Kier molecular flexibility index (Phi) is 8.96. The van der Waals surface area contributed by atoms with Gasteiger partial charge in [-0.25, -0.2) is 0 Å². The molecule has 0 amide bonds. The van der Waals surface area contributed by atoms with Crippen LogP contribution in [0.3, 0.4) is 0 Å². The van der Waals surface area contributed by atoms with Crippen molar-refractivity contribution in [2.45, 2.75) is 6.92 Å². The maximum atomic E-state index is 2.35. The highest BCUT2D eigenvalue weighted by molar-refractivity contribution is 5.99. The Hall–Kier alpha value is -6.64. The number of aryl methyl sites for hydroxylation is 1. The summed E-state index contributed by atoms with van der Waals surface area (Å²) in [7, 11) is 0. The summed E-state index contributed by atoms with van der Waals surface area (Å²) < 4.78 is 0. The Balaban J connectivity index is 1.01. The molecule has 8 aromatic rings. The van der Waals surface area contributed by atoms with Crippen molar-refractivity contribution in [1.29, 1.82) is 0 Å². The lowest BCUT2D eigenvalue weighted by atomic mass is 10.0. The van der Waals surface area contributed by atoms with Gasteiger partial charge in [-0.1, -0.05) is 151 Å². The van der Waals surface area contributed by atoms with Gasteiger partial charge >= 0.3 is 0 Å². The Morgan fingerprint density at radius 1 is 0.333 bits per heavy atom. The molecule has 2 heteroatoms. The molecule has 8 rings (SSSR count). The molecule has 0 aromatic heterocycles. The van der Waals surface area contributed by atoms with Crippen LogP contribution in [0.4, 0.5) is 34.1 Å². The van der Waals surface area contributed by atoms with Gasteiger partial charge in [0.2, 0.25) is 0 Å². The summed E-state index contributed by atoms with van der Waals surface area (Å²) in [6.45, 7) is 2.13. The predicted octanol–water partition coefficient (Wildman–Crippen LogP) is 13.9. The monoisotopic (exact) mass is 654 g/mol. The predicted molar refractivity (Wildman–Crippen MR) is 219 cm³/mol. The molecular formula is C49H38N2. The number of hydrogen-bond donors (Lipinski definition) is 0. The van der Waals surface area contributed by atoms with Crippen molar-refractivity contribution in [2.24, 2.45) is 0 Å². The van der Waals surface area contributed by atoms with Crippen molar-refractivity contribution in [2.75, 3.05) is 9.80 Å². The fourth-order valence-electron chi connectivity index (χ4n) is 6.64. The second kappa shape index (κ2) is 14.5. The second-order valence-corrected chi connectivity index (χ2v) is 12.8. The molecule has 0 aliphatic carbocycles. The van der Waals surface area contributed by atoms with Crippen LogP contribution in [0.1, 0.15) is 16.7 Å². The summed E-state index contributed by atoms with van der Waals surface area (Å²) in [5.41, 5.74) is 12.8. The molecule has 2 nitrogen and oxygen atoms in total. The smallest absolute Gasteiger partial charge is 0.0540 e. The first-order valence-corrected chi connectivity index (χ1v) is 17.4. The van der Waals surface area contributed by atoms with Crippen LogP contribution in [-0.2, 0) is 0 Å². The third-order valence-electron chi connectivity index (χ3n) is 9.32. The Labute approximate surface area is 300 Å². The van der Waals surface area contributed by atoms with Gasteiger partial charge in [0.1, 0.15) is 0 Å². The lowest BCUT2D eigenvalue weighted by molar-refractivity contribution is 1.28. The molecule has 8 aromatic carbocycles. The van der Waals surface area contributed by atoms with Crippen molar-refractivity contribution in [3.8, 4) is 11.1 Å². The molecule has 0 saturated carbocycles. The van der Waals surface area contributed by atoms with Gasteiger partial charge in [0.25, 0.3) is 0 Å². The first-order valence-electron chi connectivity index (χ1n) is 17.4. The summed E-state index contributed by atoms with van der Waals surface area (Å²) in [4.78, 5) is 4.63. The number of hydrogen-bond acceptors (Lipinski definition) is 2. The maximum Gasteiger partial charge on any atom is 0.0540 e. The molecule has 0 saturated heterocycles. The molecule has 0 N–H and O–H groups in total. The number of fused-ring (bicyclic) bond motifs is 1. The fraction of sp³-hybridized carbons (Fsp3) is 0.0204. The van der Waals surface area contributed by atoms with Crippen LogP contribution in [0.2, 0.25) is 0 Å². The van der Waals surface area contributed by atoms with Crippen molar-refractivity contribution in [3.63, 3.8) is 0 Å². The van der Waals surface area contributed by atoms with Crippen LogP contribution < -0.4 is 9.80 Å². The molecule has 0 radical (unpaired) electrons. The summed E-state index contributed by atoms with van der Waals surface area (Å²) in [5.74, 6) is 0. The maximum absolute atomic E-state index is 2.35. The van der Waals surface area contributed by atoms with Gasteiger partial charge in [-0.3, -0.25) is 0 Å². The van der Waals surface area contributed by atoms with E-state index in [9.17, 15) is 0 Å². The van der Waals surface area contributed by atoms with E-state index in [1.165, 1.54) is 33.2 Å². The fourth-order valence-corrected chi connectivity index (χ4v) is 6.64. The molecule has 0 atom stereocenters. The van der Waals surface area contributed by atoms with Gasteiger partial charge in [-0.2, -0.15) is 0 Å². The highest BCUT2D eigenvalue weighted by Gasteiger charge is 2.15.